The van der Waals surface area contributed by atoms with Crippen molar-refractivity contribution in [1.29, 1.82) is 0 Å². The molecule has 1 N–H and O–H groups in total. The molecule has 0 aromatic heterocycles. The van der Waals surface area contributed by atoms with Gasteiger partial charge in [-0.1, -0.05) is 57.7 Å². The molecule has 1 aliphatic heterocycles. The molecular weight excluding hydrogens is 258 g/mol. The van der Waals surface area contributed by atoms with Gasteiger partial charge in [0.05, 0.1) is 0 Å². The molecule has 0 aliphatic carbocycles. The predicted molar refractivity (Wildman–Crippen MR) is 90.1 cm³/mol. The zero-order valence-corrected chi connectivity index (χ0v) is 14.2. The maximum atomic E-state index is 6.01. The van der Waals surface area contributed by atoms with Crippen molar-refractivity contribution >= 4 is 0 Å². The summed E-state index contributed by atoms with van der Waals surface area (Å²) in [6.45, 7) is 11.2. The summed E-state index contributed by atoms with van der Waals surface area (Å²) in [5.41, 5.74) is 3.07. The van der Waals surface area contributed by atoms with E-state index in [2.05, 4.69) is 51.2 Å². The molecular formula is C19H31NO. The Labute approximate surface area is 130 Å². The van der Waals surface area contributed by atoms with Gasteiger partial charge in [-0.15, -0.1) is 0 Å². The number of fused-ring (bicyclic) bond motifs is 1. The van der Waals surface area contributed by atoms with E-state index in [4.69, 9.17) is 4.74 Å². The van der Waals surface area contributed by atoms with Crippen LogP contribution in [0, 0.1) is 12.3 Å². The lowest BCUT2D eigenvalue weighted by molar-refractivity contribution is 0.213. The van der Waals surface area contributed by atoms with Crippen molar-refractivity contribution in [3.05, 3.63) is 29.3 Å². The van der Waals surface area contributed by atoms with E-state index in [1.165, 1.54) is 36.8 Å². The third-order valence-electron chi connectivity index (χ3n) is 4.39. The Morgan fingerprint density at radius 1 is 1.29 bits per heavy atom. The second-order valence-electron chi connectivity index (χ2n) is 7.31. The van der Waals surface area contributed by atoms with E-state index in [0.717, 1.165) is 25.3 Å². The average molecular weight is 289 g/mol. The first kappa shape index (κ1) is 16.4. The number of hydrogen-bond acceptors (Lipinski definition) is 2. The zero-order chi connectivity index (χ0) is 15.3. The van der Waals surface area contributed by atoms with Crippen LogP contribution in [0.15, 0.2) is 18.2 Å². The molecule has 1 aliphatic rings. The van der Waals surface area contributed by atoms with Crippen molar-refractivity contribution in [3.8, 4) is 5.75 Å². The molecule has 1 heterocycles. The van der Waals surface area contributed by atoms with Crippen molar-refractivity contribution in [2.45, 2.75) is 65.9 Å². The summed E-state index contributed by atoms with van der Waals surface area (Å²) in [6, 6.07) is 6.49. The van der Waals surface area contributed by atoms with E-state index in [-0.39, 0.29) is 0 Å². The molecule has 0 saturated heterocycles. The van der Waals surface area contributed by atoms with Gasteiger partial charge < -0.3 is 10.1 Å². The van der Waals surface area contributed by atoms with Gasteiger partial charge in [0.2, 0.25) is 0 Å². The van der Waals surface area contributed by atoms with Crippen LogP contribution < -0.4 is 10.1 Å². The largest absolute Gasteiger partial charge is 0.488 e. The highest BCUT2D eigenvalue weighted by atomic mass is 16.5. The van der Waals surface area contributed by atoms with Crippen LogP contribution in [-0.4, -0.2) is 19.2 Å². The molecule has 0 radical (unpaired) electrons. The quantitative estimate of drug-likeness (QED) is 0.712. The third-order valence-corrected chi connectivity index (χ3v) is 4.39. The Balaban J connectivity index is 1.71. The SMILES string of the molecule is CCCCCC(C)(C)CNCC1Cc2cc(C)ccc2O1. The number of unbranched alkanes of at least 4 members (excludes halogenated alkanes) is 2. The van der Waals surface area contributed by atoms with Gasteiger partial charge >= 0.3 is 0 Å². The molecule has 118 valence electrons. The first-order valence-corrected chi connectivity index (χ1v) is 8.47. The highest BCUT2D eigenvalue weighted by molar-refractivity contribution is 5.40. The molecule has 2 rings (SSSR count). The van der Waals surface area contributed by atoms with Crippen LogP contribution in [0.2, 0.25) is 0 Å². The van der Waals surface area contributed by atoms with Gasteiger partial charge in [0.25, 0.3) is 0 Å². The topological polar surface area (TPSA) is 21.3 Å². The van der Waals surface area contributed by atoms with Crippen molar-refractivity contribution in [2.24, 2.45) is 5.41 Å². The fraction of sp³-hybridized carbons (Fsp3) is 0.684. The van der Waals surface area contributed by atoms with Crippen LogP contribution in [0.5, 0.6) is 5.75 Å². The Bertz CT molecular complexity index is 453. The predicted octanol–water partition coefficient (Wildman–Crippen LogP) is 4.49. The fourth-order valence-electron chi connectivity index (χ4n) is 3.08. The highest BCUT2D eigenvalue weighted by Crippen LogP contribution is 2.29. The number of nitrogens with one attached hydrogen (secondary N) is 1. The lowest BCUT2D eigenvalue weighted by Gasteiger charge is -2.26. The highest BCUT2D eigenvalue weighted by Gasteiger charge is 2.23. The number of hydrogen-bond donors (Lipinski definition) is 1. The molecule has 2 heteroatoms. The Morgan fingerprint density at radius 2 is 2.10 bits per heavy atom. The first-order chi connectivity index (χ1) is 10.00. The zero-order valence-electron chi connectivity index (χ0n) is 14.2. The van der Waals surface area contributed by atoms with Gasteiger partial charge in [-0.05, 0) is 30.4 Å². The van der Waals surface area contributed by atoms with Gasteiger partial charge in [-0.25, -0.2) is 0 Å². The summed E-state index contributed by atoms with van der Waals surface area (Å²) in [4.78, 5) is 0. The minimum Gasteiger partial charge on any atom is -0.488 e. The monoisotopic (exact) mass is 289 g/mol. The maximum Gasteiger partial charge on any atom is 0.123 e. The molecule has 0 bridgehead atoms. The summed E-state index contributed by atoms with van der Waals surface area (Å²) in [7, 11) is 0. The van der Waals surface area contributed by atoms with Crippen molar-refractivity contribution in [2.75, 3.05) is 13.1 Å². The average Bonchev–Trinajstić information content (AvgIpc) is 2.80. The van der Waals surface area contributed by atoms with Gasteiger partial charge in [-0.3, -0.25) is 0 Å². The number of rotatable bonds is 8. The molecule has 21 heavy (non-hydrogen) atoms. The van der Waals surface area contributed by atoms with E-state index in [1.807, 2.05) is 0 Å². The van der Waals surface area contributed by atoms with Crippen molar-refractivity contribution in [3.63, 3.8) is 0 Å². The molecule has 1 aromatic carbocycles. The second kappa shape index (κ2) is 7.31. The van der Waals surface area contributed by atoms with Crippen LogP contribution in [0.4, 0.5) is 0 Å². The molecule has 1 atom stereocenters. The van der Waals surface area contributed by atoms with Gasteiger partial charge in [0, 0.05) is 19.5 Å². The number of ether oxygens (including phenoxy) is 1. The first-order valence-electron chi connectivity index (χ1n) is 8.47. The van der Waals surface area contributed by atoms with Crippen LogP contribution >= 0.6 is 0 Å². The minimum atomic E-state index is 0.299. The molecule has 0 spiro atoms. The maximum absolute atomic E-state index is 6.01. The van der Waals surface area contributed by atoms with Crippen LogP contribution in [-0.2, 0) is 6.42 Å². The number of benzene rings is 1. The van der Waals surface area contributed by atoms with Crippen LogP contribution in [0.3, 0.4) is 0 Å². The lowest BCUT2D eigenvalue weighted by atomic mass is 9.87. The van der Waals surface area contributed by atoms with Gasteiger partial charge in [-0.2, -0.15) is 0 Å². The molecule has 2 nitrogen and oxygen atoms in total. The van der Waals surface area contributed by atoms with E-state index in [1.54, 1.807) is 0 Å². The van der Waals surface area contributed by atoms with E-state index >= 15 is 0 Å². The minimum absolute atomic E-state index is 0.299. The summed E-state index contributed by atoms with van der Waals surface area (Å²) in [6.07, 6.45) is 6.64. The number of aryl methyl sites for hydroxylation is 1. The summed E-state index contributed by atoms with van der Waals surface area (Å²) in [5.74, 6) is 1.08. The van der Waals surface area contributed by atoms with E-state index in [9.17, 15) is 0 Å². The summed E-state index contributed by atoms with van der Waals surface area (Å²) < 4.78 is 6.01. The van der Waals surface area contributed by atoms with Crippen molar-refractivity contribution in [1.82, 2.24) is 5.32 Å². The molecule has 0 fully saturated rings. The Kier molecular flexibility index (Phi) is 5.69. The second-order valence-corrected chi connectivity index (χ2v) is 7.31. The lowest BCUT2D eigenvalue weighted by Crippen LogP contribution is -2.36. The van der Waals surface area contributed by atoms with Crippen molar-refractivity contribution < 1.29 is 4.74 Å². The standard InChI is InChI=1S/C19H31NO/c1-5-6-7-10-19(3,4)14-20-13-17-12-16-11-15(2)8-9-18(16)21-17/h8-9,11,17,20H,5-7,10,12-14H2,1-4H3. The van der Waals surface area contributed by atoms with Gasteiger partial charge in [0.1, 0.15) is 11.9 Å². The van der Waals surface area contributed by atoms with Crippen LogP contribution in [0.25, 0.3) is 0 Å². The molecule has 0 saturated carbocycles. The smallest absolute Gasteiger partial charge is 0.123 e. The van der Waals surface area contributed by atoms with Crippen LogP contribution in [0.1, 0.15) is 57.6 Å². The Hall–Kier alpha value is -1.02. The summed E-state index contributed by atoms with van der Waals surface area (Å²) >= 11 is 0. The molecule has 1 unspecified atom stereocenters. The normalized spacial score (nSPS) is 17.6. The third kappa shape index (κ3) is 5.03. The molecule has 1 aromatic rings. The molecule has 0 amide bonds. The van der Waals surface area contributed by atoms with E-state index < -0.39 is 0 Å². The van der Waals surface area contributed by atoms with Gasteiger partial charge in [0.15, 0.2) is 0 Å². The van der Waals surface area contributed by atoms with E-state index in [0.29, 0.717) is 11.5 Å². The Morgan fingerprint density at radius 3 is 2.86 bits per heavy atom. The summed E-state index contributed by atoms with van der Waals surface area (Å²) in [5, 5.41) is 3.62. The fourth-order valence-corrected chi connectivity index (χ4v) is 3.08.